The molecule has 1 aromatic heterocycles. The van der Waals surface area contributed by atoms with Crippen molar-refractivity contribution in [3.8, 4) is 11.3 Å². The number of hydrogen-bond acceptors (Lipinski definition) is 1. The Kier molecular flexibility index (Phi) is 2.28. The minimum absolute atomic E-state index is 0.706. The number of nitrogens with zero attached hydrogens (tertiary/aromatic N) is 1. The van der Waals surface area contributed by atoms with E-state index in [0.717, 1.165) is 11.3 Å². The molecule has 1 aromatic carbocycles. The van der Waals surface area contributed by atoms with Crippen LogP contribution in [0.3, 0.4) is 0 Å². The summed E-state index contributed by atoms with van der Waals surface area (Å²) in [5.74, 6) is 0. The molecule has 2 aromatic rings. The first-order chi connectivity index (χ1) is 6.38. The third-order valence-corrected chi connectivity index (χ3v) is 2.06. The topological polar surface area (TPSA) is 12.9 Å². The Labute approximate surface area is 82.0 Å². The van der Waals surface area contributed by atoms with Crippen molar-refractivity contribution in [3.63, 3.8) is 0 Å². The molecule has 0 saturated carbocycles. The van der Waals surface area contributed by atoms with E-state index in [0.29, 0.717) is 5.02 Å². The van der Waals surface area contributed by atoms with Crippen LogP contribution in [0.2, 0.25) is 5.02 Å². The van der Waals surface area contributed by atoms with Crippen LogP contribution in [0.1, 0.15) is 0 Å². The summed E-state index contributed by atoms with van der Waals surface area (Å²) >= 11 is 6.00. The fraction of sp³-hybridized carbons (Fsp3) is 0. The summed E-state index contributed by atoms with van der Waals surface area (Å²) in [7, 11) is 0. The van der Waals surface area contributed by atoms with Gasteiger partial charge in [-0.05, 0) is 12.1 Å². The molecule has 0 atom stereocenters. The Hall–Kier alpha value is -1.34. The zero-order valence-corrected chi connectivity index (χ0v) is 7.62. The van der Waals surface area contributed by atoms with E-state index in [1.54, 1.807) is 6.20 Å². The molecular weight excluding hydrogens is 182 g/mol. The Bertz CT molecular complexity index is 398. The molecule has 1 heterocycles. The van der Waals surface area contributed by atoms with Crippen LogP contribution in [0.5, 0.6) is 0 Å². The smallest absolute Gasteiger partial charge is 0.0796 e. The number of rotatable bonds is 1. The van der Waals surface area contributed by atoms with Crippen LogP contribution in [0.15, 0.2) is 42.6 Å². The van der Waals surface area contributed by atoms with Gasteiger partial charge in [-0.2, -0.15) is 0 Å². The molecule has 2 heteroatoms. The summed E-state index contributed by atoms with van der Waals surface area (Å²) in [6.45, 7) is 0. The van der Waals surface area contributed by atoms with Gasteiger partial charge in [0.25, 0.3) is 0 Å². The van der Waals surface area contributed by atoms with Gasteiger partial charge in [0.2, 0.25) is 0 Å². The molecule has 0 aliphatic rings. The van der Waals surface area contributed by atoms with E-state index in [1.807, 2.05) is 36.4 Å². The average molecular weight is 189 g/mol. The molecule has 0 amide bonds. The molecule has 2 rings (SSSR count). The highest BCUT2D eigenvalue weighted by Gasteiger charge is 2.01. The van der Waals surface area contributed by atoms with Gasteiger partial charge in [-0.3, -0.25) is 4.98 Å². The van der Waals surface area contributed by atoms with Crippen molar-refractivity contribution in [1.82, 2.24) is 4.98 Å². The molecule has 0 saturated heterocycles. The van der Waals surface area contributed by atoms with Crippen LogP contribution in [0.4, 0.5) is 0 Å². The Morgan fingerprint density at radius 1 is 1.15 bits per heavy atom. The molecule has 0 aliphatic carbocycles. The van der Waals surface area contributed by atoms with Gasteiger partial charge in [0.05, 0.1) is 5.69 Å². The highest BCUT2D eigenvalue weighted by Crippen LogP contribution is 2.24. The Morgan fingerprint density at radius 2 is 2.00 bits per heavy atom. The van der Waals surface area contributed by atoms with Crippen LogP contribution in [-0.2, 0) is 0 Å². The van der Waals surface area contributed by atoms with Crippen LogP contribution >= 0.6 is 11.6 Å². The van der Waals surface area contributed by atoms with Crippen LogP contribution in [0.25, 0.3) is 11.3 Å². The normalized spacial score (nSPS) is 9.92. The van der Waals surface area contributed by atoms with Gasteiger partial charge in [0, 0.05) is 22.8 Å². The summed E-state index contributed by atoms with van der Waals surface area (Å²) in [6.07, 6.45) is 1.73. The first-order valence-electron chi connectivity index (χ1n) is 3.95. The minimum atomic E-state index is 0.706. The largest absolute Gasteiger partial charge is 0.256 e. The van der Waals surface area contributed by atoms with Gasteiger partial charge in [0.1, 0.15) is 0 Å². The standard InChI is InChI=1S/C11H7ClN/c12-10-6-2-1-5-9(10)11-7-3-4-8-13-11/h1-6,8H. The Balaban J connectivity index is 2.54. The maximum atomic E-state index is 6.00. The minimum Gasteiger partial charge on any atom is -0.256 e. The van der Waals surface area contributed by atoms with Gasteiger partial charge in [0.15, 0.2) is 0 Å². The van der Waals surface area contributed by atoms with Crippen molar-refractivity contribution in [2.24, 2.45) is 0 Å². The van der Waals surface area contributed by atoms with Crippen molar-refractivity contribution in [1.29, 1.82) is 0 Å². The van der Waals surface area contributed by atoms with Gasteiger partial charge in [-0.25, -0.2) is 0 Å². The predicted octanol–water partition coefficient (Wildman–Crippen LogP) is 3.20. The highest BCUT2D eigenvalue weighted by atomic mass is 35.5. The summed E-state index contributed by atoms with van der Waals surface area (Å²) in [4.78, 5) is 4.17. The summed E-state index contributed by atoms with van der Waals surface area (Å²) in [5.41, 5.74) is 1.71. The summed E-state index contributed by atoms with van der Waals surface area (Å²) in [5, 5.41) is 0.706. The number of hydrogen-bond donors (Lipinski definition) is 0. The second-order valence-electron chi connectivity index (χ2n) is 2.61. The second-order valence-corrected chi connectivity index (χ2v) is 3.02. The van der Waals surface area contributed by atoms with Gasteiger partial charge < -0.3 is 0 Å². The predicted molar refractivity (Wildman–Crippen MR) is 53.5 cm³/mol. The fourth-order valence-electron chi connectivity index (χ4n) is 1.13. The van der Waals surface area contributed by atoms with Crippen molar-refractivity contribution < 1.29 is 0 Å². The molecular formula is C11H7ClN. The molecule has 1 nitrogen and oxygen atoms in total. The maximum Gasteiger partial charge on any atom is 0.0796 e. The third kappa shape index (κ3) is 1.70. The van der Waals surface area contributed by atoms with Crippen LogP contribution in [-0.4, -0.2) is 4.98 Å². The zero-order valence-electron chi connectivity index (χ0n) is 6.87. The third-order valence-electron chi connectivity index (χ3n) is 1.73. The van der Waals surface area contributed by atoms with Crippen LogP contribution in [0, 0.1) is 6.07 Å². The molecule has 0 bridgehead atoms. The number of benzene rings is 1. The van der Waals surface area contributed by atoms with E-state index in [2.05, 4.69) is 11.1 Å². The maximum absolute atomic E-state index is 6.00. The molecule has 0 aliphatic heterocycles. The first kappa shape index (κ1) is 8.27. The second kappa shape index (κ2) is 3.58. The SMILES string of the molecule is Clc1ccccc1-c1[c]cccn1. The molecule has 63 valence electrons. The van der Waals surface area contributed by atoms with Gasteiger partial charge >= 0.3 is 0 Å². The molecule has 13 heavy (non-hydrogen) atoms. The van der Waals surface area contributed by atoms with Gasteiger partial charge in [-0.15, -0.1) is 0 Å². The lowest BCUT2D eigenvalue weighted by Crippen LogP contribution is -1.82. The molecule has 1 radical (unpaired) electrons. The molecule has 0 unspecified atom stereocenters. The van der Waals surface area contributed by atoms with E-state index < -0.39 is 0 Å². The lowest BCUT2D eigenvalue weighted by Gasteiger charge is -2.00. The van der Waals surface area contributed by atoms with E-state index in [-0.39, 0.29) is 0 Å². The Morgan fingerprint density at radius 3 is 2.69 bits per heavy atom. The molecule has 0 spiro atoms. The van der Waals surface area contributed by atoms with Crippen molar-refractivity contribution in [2.45, 2.75) is 0 Å². The van der Waals surface area contributed by atoms with Crippen molar-refractivity contribution in [2.75, 3.05) is 0 Å². The number of pyridine rings is 1. The van der Waals surface area contributed by atoms with Crippen LogP contribution < -0.4 is 0 Å². The fourth-order valence-corrected chi connectivity index (χ4v) is 1.35. The quantitative estimate of drug-likeness (QED) is 0.670. The zero-order chi connectivity index (χ0) is 9.10. The van der Waals surface area contributed by atoms with Gasteiger partial charge in [-0.1, -0.05) is 35.9 Å². The summed E-state index contributed by atoms with van der Waals surface area (Å²) < 4.78 is 0. The lowest BCUT2D eigenvalue weighted by atomic mass is 10.1. The number of aromatic nitrogens is 1. The van der Waals surface area contributed by atoms with E-state index in [1.165, 1.54) is 0 Å². The summed E-state index contributed by atoms with van der Waals surface area (Å²) in [6, 6.07) is 14.3. The van der Waals surface area contributed by atoms with E-state index in [9.17, 15) is 0 Å². The first-order valence-corrected chi connectivity index (χ1v) is 4.33. The average Bonchev–Trinajstić information content (AvgIpc) is 2.20. The number of halogens is 1. The lowest BCUT2D eigenvalue weighted by molar-refractivity contribution is 1.32. The molecule has 0 fully saturated rings. The molecule has 0 N–H and O–H groups in total. The van der Waals surface area contributed by atoms with Crippen molar-refractivity contribution >= 4 is 11.6 Å². The van der Waals surface area contributed by atoms with Crippen molar-refractivity contribution in [3.05, 3.63) is 53.7 Å². The monoisotopic (exact) mass is 188 g/mol. The van der Waals surface area contributed by atoms with E-state index in [4.69, 9.17) is 11.6 Å². The van der Waals surface area contributed by atoms with E-state index >= 15 is 0 Å². The highest BCUT2D eigenvalue weighted by molar-refractivity contribution is 6.33.